The van der Waals surface area contributed by atoms with Crippen LogP contribution in [0.4, 0.5) is 4.79 Å². The normalized spacial score (nSPS) is 19.6. The molecule has 0 radical (unpaired) electrons. The van der Waals surface area contributed by atoms with E-state index in [2.05, 4.69) is 5.32 Å². The first-order chi connectivity index (χ1) is 9.61. The SMILES string of the molecule is O=C(O)[C@H](NC(=O)N1CCC(CO)C1)c1ccccc1. The summed E-state index contributed by atoms with van der Waals surface area (Å²) >= 11 is 0. The molecule has 0 bridgehead atoms. The van der Waals surface area contributed by atoms with Crippen LogP contribution in [-0.4, -0.2) is 46.8 Å². The van der Waals surface area contributed by atoms with Gasteiger partial charge in [0.25, 0.3) is 0 Å². The predicted molar refractivity (Wildman–Crippen MR) is 72.1 cm³/mol. The van der Waals surface area contributed by atoms with Gasteiger partial charge in [0.05, 0.1) is 0 Å². The first kappa shape index (κ1) is 14.3. The summed E-state index contributed by atoms with van der Waals surface area (Å²) in [6.45, 7) is 1.05. The molecule has 1 heterocycles. The molecule has 6 nitrogen and oxygen atoms in total. The number of rotatable bonds is 4. The molecule has 2 amide bonds. The van der Waals surface area contributed by atoms with Crippen LogP contribution in [0.2, 0.25) is 0 Å². The number of carboxylic acids is 1. The van der Waals surface area contributed by atoms with Gasteiger partial charge in [0.1, 0.15) is 0 Å². The van der Waals surface area contributed by atoms with Crippen molar-refractivity contribution in [2.24, 2.45) is 5.92 Å². The summed E-state index contributed by atoms with van der Waals surface area (Å²) in [4.78, 5) is 24.9. The second-order valence-corrected chi connectivity index (χ2v) is 4.91. The Morgan fingerprint density at radius 3 is 2.60 bits per heavy atom. The number of likely N-dealkylation sites (tertiary alicyclic amines) is 1. The number of urea groups is 1. The number of benzene rings is 1. The van der Waals surface area contributed by atoms with Gasteiger partial charge in [-0.25, -0.2) is 9.59 Å². The lowest BCUT2D eigenvalue weighted by Crippen LogP contribution is -2.42. The van der Waals surface area contributed by atoms with Crippen molar-refractivity contribution < 1.29 is 19.8 Å². The van der Waals surface area contributed by atoms with Crippen LogP contribution >= 0.6 is 0 Å². The summed E-state index contributed by atoms with van der Waals surface area (Å²) in [5.74, 6) is -1.01. The highest BCUT2D eigenvalue weighted by Crippen LogP contribution is 2.18. The highest BCUT2D eigenvalue weighted by molar-refractivity contribution is 5.83. The van der Waals surface area contributed by atoms with Gasteiger partial charge in [-0.05, 0) is 12.0 Å². The third kappa shape index (κ3) is 3.27. The number of aliphatic hydroxyl groups is 1. The molecule has 0 saturated carbocycles. The van der Waals surface area contributed by atoms with Crippen LogP contribution in [0.1, 0.15) is 18.0 Å². The van der Waals surface area contributed by atoms with Crippen LogP contribution in [0.3, 0.4) is 0 Å². The van der Waals surface area contributed by atoms with Crippen LogP contribution in [0.5, 0.6) is 0 Å². The van der Waals surface area contributed by atoms with Crippen molar-refractivity contribution in [3.05, 3.63) is 35.9 Å². The van der Waals surface area contributed by atoms with Crippen LogP contribution in [-0.2, 0) is 4.79 Å². The van der Waals surface area contributed by atoms with Crippen LogP contribution in [0, 0.1) is 5.92 Å². The maximum Gasteiger partial charge on any atom is 0.330 e. The highest BCUT2D eigenvalue weighted by atomic mass is 16.4. The monoisotopic (exact) mass is 278 g/mol. The largest absolute Gasteiger partial charge is 0.479 e. The number of nitrogens with one attached hydrogen (secondary N) is 1. The van der Waals surface area contributed by atoms with E-state index in [4.69, 9.17) is 5.11 Å². The number of nitrogens with zero attached hydrogens (tertiary/aromatic N) is 1. The lowest BCUT2D eigenvalue weighted by molar-refractivity contribution is -0.139. The van der Waals surface area contributed by atoms with E-state index in [1.54, 1.807) is 35.2 Å². The lowest BCUT2D eigenvalue weighted by Gasteiger charge is -2.21. The average molecular weight is 278 g/mol. The number of hydrogen-bond donors (Lipinski definition) is 3. The maximum absolute atomic E-state index is 12.1. The van der Waals surface area contributed by atoms with Gasteiger partial charge in [0.15, 0.2) is 6.04 Å². The number of amides is 2. The number of carbonyl (C=O) groups is 2. The van der Waals surface area contributed by atoms with E-state index in [1.165, 1.54) is 0 Å². The molecular weight excluding hydrogens is 260 g/mol. The Hall–Kier alpha value is -2.08. The second-order valence-electron chi connectivity index (χ2n) is 4.91. The molecule has 2 atom stereocenters. The van der Waals surface area contributed by atoms with Crippen molar-refractivity contribution in [1.82, 2.24) is 10.2 Å². The molecule has 0 aromatic heterocycles. The Morgan fingerprint density at radius 1 is 1.35 bits per heavy atom. The molecule has 0 spiro atoms. The van der Waals surface area contributed by atoms with E-state index in [0.29, 0.717) is 18.7 Å². The van der Waals surface area contributed by atoms with Gasteiger partial charge >= 0.3 is 12.0 Å². The number of aliphatic hydroxyl groups excluding tert-OH is 1. The van der Waals surface area contributed by atoms with E-state index in [9.17, 15) is 14.7 Å². The lowest BCUT2D eigenvalue weighted by atomic mass is 10.1. The fraction of sp³-hybridized carbons (Fsp3) is 0.429. The number of aliphatic carboxylic acids is 1. The van der Waals surface area contributed by atoms with Gasteiger partial charge < -0.3 is 20.4 Å². The molecule has 3 N–H and O–H groups in total. The summed E-state index contributed by atoms with van der Waals surface area (Å²) < 4.78 is 0. The van der Waals surface area contributed by atoms with Crippen molar-refractivity contribution in [1.29, 1.82) is 0 Å². The fourth-order valence-electron chi connectivity index (χ4n) is 2.31. The smallest absolute Gasteiger partial charge is 0.330 e. The number of carboxylic acid groups (broad SMARTS) is 1. The van der Waals surface area contributed by atoms with Crippen molar-refractivity contribution in [2.45, 2.75) is 12.5 Å². The van der Waals surface area contributed by atoms with Crippen molar-refractivity contribution >= 4 is 12.0 Å². The Labute approximate surface area is 117 Å². The molecule has 20 heavy (non-hydrogen) atoms. The molecule has 1 aliphatic rings. The predicted octanol–water partition coefficient (Wildman–Crippen LogP) is 0.836. The third-order valence-electron chi connectivity index (χ3n) is 3.48. The fourth-order valence-corrected chi connectivity index (χ4v) is 2.31. The molecule has 0 aliphatic carbocycles. The first-order valence-corrected chi connectivity index (χ1v) is 6.56. The van der Waals surface area contributed by atoms with Gasteiger partial charge in [0.2, 0.25) is 0 Å². The average Bonchev–Trinajstić information content (AvgIpc) is 2.94. The van der Waals surface area contributed by atoms with Crippen molar-refractivity contribution in [3.63, 3.8) is 0 Å². The van der Waals surface area contributed by atoms with E-state index < -0.39 is 18.0 Å². The van der Waals surface area contributed by atoms with Crippen LogP contribution in [0.15, 0.2) is 30.3 Å². The molecule has 6 heteroatoms. The van der Waals surface area contributed by atoms with E-state index in [0.717, 1.165) is 6.42 Å². The maximum atomic E-state index is 12.1. The minimum Gasteiger partial charge on any atom is -0.479 e. The van der Waals surface area contributed by atoms with Crippen LogP contribution in [0.25, 0.3) is 0 Å². The third-order valence-corrected chi connectivity index (χ3v) is 3.48. The molecule has 1 aliphatic heterocycles. The van der Waals surface area contributed by atoms with Gasteiger partial charge in [-0.15, -0.1) is 0 Å². The van der Waals surface area contributed by atoms with Gasteiger partial charge in [0, 0.05) is 25.6 Å². The first-order valence-electron chi connectivity index (χ1n) is 6.56. The molecule has 1 unspecified atom stereocenters. The zero-order valence-electron chi connectivity index (χ0n) is 11.0. The van der Waals surface area contributed by atoms with Gasteiger partial charge in [-0.3, -0.25) is 0 Å². The quantitative estimate of drug-likeness (QED) is 0.761. The number of hydrogen-bond acceptors (Lipinski definition) is 3. The Balaban J connectivity index is 2.02. The van der Waals surface area contributed by atoms with E-state index in [-0.39, 0.29) is 12.5 Å². The summed E-state index contributed by atoms with van der Waals surface area (Å²) in [6, 6.07) is 7.12. The molecule has 108 valence electrons. The topological polar surface area (TPSA) is 89.9 Å². The van der Waals surface area contributed by atoms with Crippen molar-refractivity contribution in [3.8, 4) is 0 Å². The standard InChI is InChI=1S/C14H18N2O4/c17-9-10-6-7-16(8-10)14(20)15-12(13(18)19)11-4-2-1-3-5-11/h1-5,10,12,17H,6-9H2,(H,15,20)(H,18,19)/t10?,12-/m1/s1. The van der Waals surface area contributed by atoms with E-state index in [1.807, 2.05) is 0 Å². The molecule has 1 fully saturated rings. The Morgan fingerprint density at radius 2 is 2.05 bits per heavy atom. The zero-order chi connectivity index (χ0) is 14.5. The molecular formula is C14H18N2O4. The molecule has 1 aromatic carbocycles. The Kier molecular flexibility index (Phi) is 4.57. The minimum atomic E-state index is -1.09. The second kappa shape index (κ2) is 6.38. The van der Waals surface area contributed by atoms with E-state index >= 15 is 0 Å². The molecule has 2 rings (SSSR count). The summed E-state index contributed by atoms with van der Waals surface area (Å²) in [5, 5.41) is 20.8. The summed E-state index contributed by atoms with van der Waals surface area (Å²) in [5.41, 5.74) is 0.534. The van der Waals surface area contributed by atoms with Crippen molar-refractivity contribution in [2.75, 3.05) is 19.7 Å². The minimum absolute atomic E-state index is 0.0465. The number of carbonyl (C=O) groups excluding carboxylic acids is 1. The summed E-state index contributed by atoms with van der Waals surface area (Å²) in [6.07, 6.45) is 0.743. The molecule has 1 saturated heterocycles. The van der Waals surface area contributed by atoms with Gasteiger partial charge in [-0.2, -0.15) is 0 Å². The highest BCUT2D eigenvalue weighted by Gasteiger charge is 2.29. The molecule has 1 aromatic rings. The van der Waals surface area contributed by atoms with Gasteiger partial charge in [-0.1, -0.05) is 30.3 Å². The zero-order valence-corrected chi connectivity index (χ0v) is 11.0. The van der Waals surface area contributed by atoms with Crippen LogP contribution < -0.4 is 5.32 Å². The Bertz CT molecular complexity index is 477. The summed E-state index contributed by atoms with van der Waals surface area (Å²) in [7, 11) is 0.